The number of carbonyl (C=O) groups excluding carboxylic acids is 2. The van der Waals surface area contributed by atoms with Crippen LogP contribution in [0.5, 0.6) is 0 Å². The van der Waals surface area contributed by atoms with E-state index in [4.69, 9.17) is 4.74 Å². The summed E-state index contributed by atoms with van der Waals surface area (Å²) in [6.07, 6.45) is 0. The Labute approximate surface area is 110 Å². The molecule has 0 saturated heterocycles. The Morgan fingerprint density at radius 1 is 1.50 bits per heavy atom. The maximum atomic E-state index is 11.6. The zero-order valence-corrected chi connectivity index (χ0v) is 11.7. The number of thiazole rings is 1. The molecule has 1 amide bonds. The molecule has 0 bridgehead atoms. The van der Waals surface area contributed by atoms with Crippen molar-refractivity contribution in [2.24, 2.45) is 0 Å². The summed E-state index contributed by atoms with van der Waals surface area (Å²) in [4.78, 5) is 27.0. The van der Waals surface area contributed by atoms with E-state index in [0.29, 0.717) is 10.8 Å². The summed E-state index contributed by atoms with van der Waals surface area (Å²) in [5.74, 6) is -0.468. The van der Waals surface area contributed by atoms with Crippen molar-refractivity contribution in [3.63, 3.8) is 0 Å². The first kappa shape index (κ1) is 14.4. The highest BCUT2D eigenvalue weighted by Crippen LogP contribution is 2.28. The molecule has 0 spiro atoms. The second-order valence-electron chi connectivity index (χ2n) is 4.18. The van der Waals surface area contributed by atoms with Crippen LogP contribution in [0.1, 0.15) is 19.5 Å². The fraction of sp³-hybridized carbons (Fsp3) is 0.545. The molecule has 0 radical (unpaired) electrons. The summed E-state index contributed by atoms with van der Waals surface area (Å²) in [6, 6.07) is 0. The van der Waals surface area contributed by atoms with E-state index in [0.717, 1.165) is 0 Å². The zero-order valence-electron chi connectivity index (χ0n) is 10.9. The van der Waals surface area contributed by atoms with Gasteiger partial charge in [0.05, 0.1) is 19.3 Å². The molecule has 0 atom stereocenters. The number of hydrogen-bond acceptors (Lipinski definition) is 6. The average molecular weight is 271 g/mol. The molecule has 6 nitrogen and oxygen atoms in total. The van der Waals surface area contributed by atoms with Gasteiger partial charge in [0.2, 0.25) is 5.91 Å². The van der Waals surface area contributed by atoms with E-state index >= 15 is 0 Å². The first-order valence-electron chi connectivity index (χ1n) is 5.40. The minimum atomic E-state index is -0.793. The van der Waals surface area contributed by atoms with Crippen molar-refractivity contribution in [1.82, 2.24) is 10.3 Å². The second-order valence-corrected chi connectivity index (χ2v) is 5.04. The number of methoxy groups -OCH3 is 1. The Morgan fingerprint density at radius 2 is 2.17 bits per heavy atom. The second kappa shape index (κ2) is 5.81. The summed E-state index contributed by atoms with van der Waals surface area (Å²) in [6.45, 7) is 3.65. The molecule has 7 heteroatoms. The number of aromatic nitrogens is 1. The normalized spacial score (nSPS) is 10.9. The molecular formula is C11H17N3O3S. The predicted octanol–water partition coefficient (Wildman–Crippen LogP) is 0.752. The zero-order chi connectivity index (χ0) is 13.8. The number of nitrogens with zero attached hydrogens (tertiary/aromatic N) is 1. The molecule has 0 saturated carbocycles. The van der Waals surface area contributed by atoms with E-state index in [9.17, 15) is 9.59 Å². The molecular weight excluding hydrogens is 254 g/mol. The lowest BCUT2D eigenvalue weighted by molar-refractivity contribution is -0.146. The van der Waals surface area contributed by atoms with Gasteiger partial charge in [0, 0.05) is 12.4 Å². The van der Waals surface area contributed by atoms with Crippen molar-refractivity contribution in [2.75, 3.05) is 26.0 Å². The highest BCUT2D eigenvalue weighted by molar-refractivity contribution is 7.13. The number of carbonyl (C=O) groups is 2. The van der Waals surface area contributed by atoms with Crippen molar-refractivity contribution in [1.29, 1.82) is 0 Å². The molecule has 0 aliphatic carbocycles. The van der Waals surface area contributed by atoms with E-state index in [1.54, 1.807) is 26.3 Å². The summed E-state index contributed by atoms with van der Waals surface area (Å²) < 4.78 is 4.74. The molecule has 1 heterocycles. The first-order chi connectivity index (χ1) is 8.41. The fourth-order valence-corrected chi connectivity index (χ4v) is 2.12. The highest BCUT2D eigenvalue weighted by Gasteiger charge is 2.33. The monoisotopic (exact) mass is 271 g/mol. The maximum absolute atomic E-state index is 11.6. The van der Waals surface area contributed by atoms with Gasteiger partial charge in [-0.15, -0.1) is 11.3 Å². The van der Waals surface area contributed by atoms with Crippen LogP contribution in [-0.2, 0) is 19.7 Å². The van der Waals surface area contributed by atoms with Crippen molar-refractivity contribution in [2.45, 2.75) is 19.3 Å². The Kier molecular flexibility index (Phi) is 4.66. The number of anilines is 1. The molecule has 1 aromatic heterocycles. The van der Waals surface area contributed by atoms with Gasteiger partial charge in [0.15, 0.2) is 5.13 Å². The van der Waals surface area contributed by atoms with Gasteiger partial charge in [-0.25, -0.2) is 4.98 Å². The van der Waals surface area contributed by atoms with Crippen LogP contribution in [0.25, 0.3) is 0 Å². The summed E-state index contributed by atoms with van der Waals surface area (Å²) in [5.41, 5.74) is -0.170. The van der Waals surface area contributed by atoms with Crippen LogP contribution in [-0.4, -0.2) is 37.6 Å². The van der Waals surface area contributed by atoms with Crippen LogP contribution < -0.4 is 10.6 Å². The van der Waals surface area contributed by atoms with E-state index in [1.165, 1.54) is 18.4 Å². The van der Waals surface area contributed by atoms with Gasteiger partial charge in [-0.05, 0) is 13.8 Å². The third-order valence-electron chi connectivity index (χ3n) is 2.52. The topological polar surface area (TPSA) is 80.3 Å². The summed E-state index contributed by atoms with van der Waals surface area (Å²) in [7, 11) is 2.92. The lowest BCUT2D eigenvalue weighted by Crippen LogP contribution is -2.30. The van der Waals surface area contributed by atoms with Crippen LogP contribution in [0.3, 0.4) is 0 Å². The fourth-order valence-electron chi connectivity index (χ4n) is 1.25. The first-order valence-corrected chi connectivity index (χ1v) is 6.28. The number of rotatable bonds is 5. The third-order valence-corrected chi connectivity index (χ3v) is 3.32. The quantitative estimate of drug-likeness (QED) is 0.773. The number of ether oxygens (including phenoxy) is 1. The standard InChI is InChI=1S/C11H17N3O3S/c1-11(2,9(16)17-4)7-6-18-10(14-7)13-5-8(15)12-3/h6H,5H2,1-4H3,(H,12,15)(H,13,14). The molecule has 0 aromatic carbocycles. The highest BCUT2D eigenvalue weighted by atomic mass is 32.1. The minimum absolute atomic E-state index is 0.126. The largest absolute Gasteiger partial charge is 0.468 e. The van der Waals surface area contributed by atoms with Crippen LogP contribution in [0, 0.1) is 0 Å². The molecule has 0 aliphatic rings. The van der Waals surface area contributed by atoms with Gasteiger partial charge in [0.25, 0.3) is 0 Å². The van der Waals surface area contributed by atoms with Crippen LogP contribution >= 0.6 is 11.3 Å². The van der Waals surface area contributed by atoms with Gasteiger partial charge < -0.3 is 15.4 Å². The van der Waals surface area contributed by atoms with Crippen LogP contribution in [0.15, 0.2) is 5.38 Å². The molecule has 2 N–H and O–H groups in total. The molecule has 0 aliphatic heterocycles. The van der Waals surface area contributed by atoms with Crippen LogP contribution in [0.4, 0.5) is 5.13 Å². The van der Waals surface area contributed by atoms with Gasteiger partial charge in [0.1, 0.15) is 5.41 Å². The summed E-state index contributed by atoms with van der Waals surface area (Å²) >= 11 is 1.35. The van der Waals surface area contributed by atoms with Crippen molar-refractivity contribution in [3.8, 4) is 0 Å². The van der Waals surface area contributed by atoms with E-state index < -0.39 is 5.41 Å². The third kappa shape index (κ3) is 3.19. The van der Waals surface area contributed by atoms with E-state index in [2.05, 4.69) is 15.6 Å². The van der Waals surface area contributed by atoms with Gasteiger partial charge in [-0.3, -0.25) is 9.59 Å². The van der Waals surface area contributed by atoms with E-state index in [1.807, 2.05) is 0 Å². The number of likely N-dealkylation sites (N-methyl/N-ethyl adjacent to an activating group) is 1. The van der Waals surface area contributed by atoms with Crippen molar-refractivity contribution in [3.05, 3.63) is 11.1 Å². The van der Waals surface area contributed by atoms with E-state index in [-0.39, 0.29) is 18.4 Å². The lowest BCUT2D eigenvalue weighted by atomic mass is 9.90. The maximum Gasteiger partial charge on any atom is 0.317 e. The Hall–Kier alpha value is -1.63. The molecule has 1 aromatic rings. The Bertz CT molecular complexity index is 442. The number of esters is 1. The van der Waals surface area contributed by atoms with Gasteiger partial charge in [-0.1, -0.05) is 0 Å². The molecule has 100 valence electrons. The lowest BCUT2D eigenvalue weighted by Gasteiger charge is -2.18. The SMILES string of the molecule is CNC(=O)CNc1nc(C(C)(C)C(=O)OC)cs1. The number of nitrogens with one attached hydrogen (secondary N) is 2. The van der Waals surface area contributed by atoms with Crippen molar-refractivity contribution >= 4 is 28.3 Å². The number of hydrogen-bond donors (Lipinski definition) is 2. The molecule has 0 unspecified atom stereocenters. The molecule has 0 fully saturated rings. The average Bonchev–Trinajstić information content (AvgIpc) is 2.84. The summed E-state index contributed by atoms with van der Waals surface area (Å²) in [5, 5.41) is 7.77. The van der Waals surface area contributed by atoms with Crippen molar-refractivity contribution < 1.29 is 14.3 Å². The minimum Gasteiger partial charge on any atom is -0.468 e. The molecule has 18 heavy (non-hydrogen) atoms. The van der Waals surface area contributed by atoms with Crippen LogP contribution in [0.2, 0.25) is 0 Å². The molecule has 1 rings (SSSR count). The Balaban J connectivity index is 2.74. The van der Waals surface area contributed by atoms with Gasteiger partial charge in [-0.2, -0.15) is 0 Å². The van der Waals surface area contributed by atoms with Gasteiger partial charge >= 0.3 is 5.97 Å². The number of amides is 1. The smallest absolute Gasteiger partial charge is 0.317 e. The Morgan fingerprint density at radius 3 is 2.72 bits per heavy atom. The predicted molar refractivity (Wildman–Crippen MR) is 69.7 cm³/mol.